The van der Waals surface area contributed by atoms with E-state index in [4.69, 9.17) is 11.6 Å². The molecule has 0 unspecified atom stereocenters. The van der Waals surface area contributed by atoms with Crippen LogP contribution in [-0.2, 0) is 0 Å². The van der Waals surface area contributed by atoms with Crippen LogP contribution < -0.4 is 5.32 Å². The lowest BCUT2D eigenvalue weighted by atomic mass is 10.1. The zero-order valence-electron chi connectivity index (χ0n) is 13.6. The summed E-state index contributed by atoms with van der Waals surface area (Å²) in [6.45, 7) is 0. The standard InChI is InChI=1S/C19H11ClN2O3S2/c20-12-4-1-10(2-5-12)17-16(19(24)25)14(8-26-17)22-18(23)11-3-6-13-15(7-11)27-9-21-13/h1-9H,(H,22,23)(H,24,25). The lowest BCUT2D eigenvalue weighted by molar-refractivity contribution is 0.0699. The Labute approximate surface area is 166 Å². The lowest BCUT2D eigenvalue weighted by Gasteiger charge is -2.06. The normalized spacial score (nSPS) is 10.9. The van der Waals surface area contributed by atoms with E-state index in [1.807, 2.05) is 0 Å². The van der Waals surface area contributed by atoms with E-state index in [0.717, 1.165) is 15.8 Å². The molecule has 0 spiro atoms. The Hall–Kier alpha value is -2.74. The molecule has 2 N–H and O–H groups in total. The number of anilines is 1. The fourth-order valence-electron chi connectivity index (χ4n) is 2.67. The van der Waals surface area contributed by atoms with Crippen molar-refractivity contribution in [1.29, 1.82) is 0 Å². The van der Waals surface area contributed by atoms with Crippen molar-refractivity contribution in [2.24, 2.45) is 0 Å². The molecule has 0 saturated heterocycles. The minimum atomic E-state index is -1.10. The number of carbonyl (C=O) groups excluding carboxylic acids is 1. The second-order valence-corrected chi connectivity index (χ2v) is 7.86. The predicted octanol–water partition coefficient (Wildman–Crippen LogP) is 5.63. The smallest absolute Gasteiger partial charge is 0.339 e. The summed E-state index contributed by atoms with van der Waals surface area (Å²) < 4.78 is 0.897. The average Bonchev–Trinajstić information content (AvgIpc) is 3.28. The highest BCUT2D eigenvalue weighted by Gasteiger charge is 2.21. The first kappa shape index (κ1) is 17.7. The number of aromatic nitrogens is 1. The number of thiazole rings is 1. The number of carboxylic acid groups (broad SMARTS) is 1. The van der Waals surface area contributed by atoms with Crippen molar-refractivity contribution in [1.82, 2.24) is 4.98 Å². The number of aromatic carboxylic acids is 1. The molecule has 0 radical (unpaired) electrons. The Morgan fingerprint density at radius 3 is 2.59 bits per heavy atom. The van der Waals surface area contributed by atoms with Gasteiger partial charge in [-0.2, -0.15) is 0 Å². The maximum atomic E-state index is 12.6. The topological polar surface area (TPSA) is 79.3 Å². The van der Waals surface area contributed by atoms with Gasteiger partial charge in [0.15, 0.2) is 0 Å². The third-order valence-electron chi connectivity index (χ3n) is 3.95. The number of nitrogens with zero attached hydrogens (tertiary/aromatic N) is 1. The molecule has 27 heavy (non-hydrogen) atoms. The van der Waals surface area contributed by atoms with Crippen molar-refractivity contribution in [2.75, 3.05) is 5.32 Å². The first-order valence-corrected chi connectivity index (χ1v) is 9.92. The number of nitrogens with one attached hydrogen (secondary N) is 1. The molecule has 4 rings (SSSR count). The Morgan fingerprint density at radius 2 is 1.85 bits per heavy atom. The summed E-state index contributed by atoms with van der Waals surface area (Å²) in [5.74, 6) is -1.47. The van der Waals surface area contributed by atoms with Crippen LogP contribution in [0.3, 0.4) is 0 Å². The van der Waals surface area contributed by atoms with Gasteiger partial charge in [-0.05, 0) is 35.9 Å². The maximum Gasteiger partial charge on any atom is 0.339 e. The summed E-state index contributed by atoms with van der Waals surface area (Å²) >= 11 is 8.60. The number of halogens is 1. The van der Waals surface area contributed by atoms with Gasteiger partial charge >= 0.3 is 5.97 Å². The van der Waals surface area contributed by atoms with Crippen LogP contribution in [0.1, 0.15) is 20.7 Å². The van der Waals surface area contributed by atoms with Crippen LogP contribution in [0.5, 0.6) is 0 Å². The summed E-state index contributed by atoms with van der Waals surface area (Å²) in [6.07, 6.45) is 0. The van der Waals surface area contributed by atoms with Crippen molar-refractivity contribution in [3.8, 4) is 10.4 Å². The molecule has 8 heteroatoms. The molecule has 134 valence electrons. The van der Waals surface area contributed by atoms with E-state index in [1.165, 1.54) is 22.7 Å². The molecule has 0 atom stereocenters. The number of benzene rings is 2. The fraction of sp³-hybridized carbons (Fsp3) is 0. The molecule has 4 aromatic rings. The highest BCUT2D eigenvalue weighted by atomic mass is 35.5. The van der Waals surface area contributed by atoms with Gasteiger partial charge in [-0.3, -0.25) is 4.79 Å². The van der Waals surface area contributed by atoms with Gasteiger partial charge in [0.2, 0.25) is 0 Å². The number of thiophene rings is 1. The zero-order chi connectivity index (χ0) is 19.0. The molecule has 0 bridgehead atoms. The van der Waals surface area contributed by atoms with Crippen LogP contribution in [0.25, 0.3) is 20.7 Å². The van der Waals surface area contributed by atoms with Gasteiger partial charge in [-0.25, -0.2) is 9.78 Å². The van der Waals surface area contributed by atoms with Crippen LogP contribution in [0.4, 0.5) is 5.69 Å². The Morgan fingerprint density at radius 1 is 1.07 bits per heavy atom. The summed E-state index contributed by atoms with van der Waals surface area (Å²) in [5.41, 5.74) is 4.05. The van der Waals surface area contributed by atoms with Crippen LogP contribution in [0, 0.1) is 0 Å². The fourth-order valence-corrected chi connectivity index (χ4v) is 4.51. The lowest BCUT2D eigenvalue weighted by Crippen LogP contribution is -2.13. The van der Waals surface area contributed by atoms with Crippen molar-refractivity contribution in [3.63, 3.8) is 0 Å². The summed E-state index contributed by atoms with van der Waals surface area (Å²) in [6, 6.07) is 12.1. The molecule has 1 amide bonds. The van der Waals surface area contributed by atoms with Crippen molar-refractivity contribution < 1.29 is 14.7 Å². The SMILES string of the molecule is O=C(Nc1csc(-c2ccc(Cl)cc2)c1C(=O)O)c1ccc2ncsc2c1. The van der Waals surface area contributed by atoms with E-state index in [9.17, 15) is 14.7 Å². The molecular formula is C19H11ClN2O3S2. The van der Waals surface area contributed by atoms with Gasteiger partial charge < -0.3 is 10.4 Å². The van der Waals surface area contributed by atoms with E-state index in [2.05, 4.69) is 10.3 Å². The first-order chi connectivity index (χ1) is 13.0. The van der Waals surface area contributed by atoms with E-state index < -0.39 is 5.97 Å². The average molecular weight is 415 g/mol. The second kappa shape index (κ2) is 7.11. The summed E-state index contributed by atoms with van der Waals surface area (Å²) in [4.78, 5) is 29.2. The van der Waals surface area contributed by atoms with Gasteiger partial charge in [0.25, 0.3) is 5.91 Å². The second-order valence-electron chi connectivity index (χ2n) is 5.65. The van der Waals surface area contributed by atoms with Crippen LogP contribution in [-0.4, -0.2) is 22.0 Å². The number of rotatable bonds is 4. The largest absolute Gasteiger partial charge is 0.478 e. The molecule has 0 aliphatic carbocycles. The van der Waals surface area contributed by atoms with Crippen LogP contribution >= 0.6 is 34.3 Å². The number of amides is 1. The Balaban J connectivity index is 1.68. The Bertz CT molecular complexity index is 1170. The van der Waals surface area contributed by atoms with E-state index >= 15 is 0 Å². The molecule has 0 saturated carbocycles. The third-order valence-corrected chi connectivity index (χ3v) is 6.03. The number of carboxylic acids is 1. The minimum Gasteiger partial charge on any atom is -0.478 e. The minimum absolute atomic E-state index is 0.0644. The summed E-state index contributed by atoms with van der Waals surface area (Å²) in [7, 11) is 0. The van der Waals surface area contributed by atoms with Gasteiger partial charge in [-0.15, -0.1) is 22.7 Å². The van der Waals surface area contributed by atoms with Gasteiger partial charge in [0, 0.05) is 16.0 Å². The van der Waals surface area contributed by atoms with E-state index in [1.54, 1.807) is 53.4 Å². The number of fused-ring (bicyclic) bond motifs is 1. The van der Waals surface area contributed by atoms with Gasteiger partial charge in [0.1, 0.15) is 5.56 Å². The molecule has 0 fully saturated rings. The van der Waals surface area contributed by atoms with Crippen LogP contribution in [0.2, 0.25) is 5.02 Å². The predicted molar refractivity (Wildman–Crippen MR) is 109 cm³/mol. The Kier molecular flexibility index (Phi) is 4.65. The number of hydrogen-bond donors (Lipinski definition) is 2. The summed E-state index contributed by atoms with van der Waals surface area (Å²) in [5, 5.41) is 14.6. The molecule has 2 aromatic heterocycles. The molecule has 0 aliphatic rings. The highest BCUT2D eigenvalue weighted by Crippen LogP contribution is 2.36. The molecule has 2 aromatic carbocycles. The monoisotopic (exact) mass is 414 g/mol. The molecule has 2 heterocycles. The molecule has 0 aliphatic heterocycles. The van der Waals surface area contributed by atoms with E-state index in [0.29, 0.717) is 15.5 Å². The maximum absolute atomic E-state index is 12.6. The van der Waals surface area contributed by atoms with E-state index in [-0.39, 0.29) is 17.2 Å². The van der Waals surface area contributed by atoms with Crippen molar-refractivity contribution in [2.45, 2.75) is 0 Å². The number of hydrogen-bond acceptors (Lipinski definition) is 5. The molecule has 5 nitrogen and oxygen atoms in total. The highest BCUT2D eigenvalue weighted by molar-refractivity contribution is 7.16. The third kappa shape index (κ3) is 3.44. The van der Waals surface area contributed by atoms with Crippen molar-refractivity contribution in [3.05, 3.63) is 69.5 Å². The van der Waals surface area contributed by atoms with Gasteiger partial charge in [0.05, 0.1) is 26.3 Å². The first-order valence-electron chi connectivity index (χ1n) is 7.78. The number of carbonyl (C=O) groups is 2. The quantitative estimate of drug-likeness (QED) is 0.453. The molecular weight excluding hydrogens is 404 g/mol. The van der Waals surface area contributed by atoms with Gasteiger partial charge in [-0.1, -0.05) is 23.7 Å². The zero-order valence-corrected chi connectivity index (χ0v) is 16.0. The van der Waals surface area contributed by atoms with Crippen molar-refractivity contribution >= 4 is 62.1 Å². The van der Waals surface area contributed by atoms with Crippen LogP contribution in [0.15, 0.2) is 53.4 Å².